The van der Waals surface area contributed by atoms with Crippen LogP contribution in [0.5, 0.6) is 0 Å². The second-order valence-electron chi connectivity index (χ2n) is 5.59. The smallest absolute Gasteiger partial charge is 0.190 e. The Morgan fingerprint density at radius 2 is 1.95 bits per heavy atom. The van der Waals surface area contributed by atoms with Crippen LogP contribution in [0.3, 0.4) is 0 Å². The minimum atomic E-state index is -0.676. The van der Waals surface area contributed by atoms with Gasteiger partial charge in [-0.15, -0.1) is 0 Å². The third-order valence-electron chi connectivity index (χ3n) is 3.55. The van der Waals surface area contributed by atoms with Gasteiger partial charge in [0.15, 0.2) is 12.1 Å². The molecule has 5 heteroatoms. The highest BCUT2D eigenvalue weighted by atomic mass is 16.8. The van der Waals surface area contributed by atoms with Crippen molar-refractivity contribution in [1.29, 1.82) is 0 Å². The van der Waals surface area contributed by atoms with Crippen LogP contribution in [0.1, 0.15) is 19.4 Å². The van der Waals surface area contributed by atoms with E-state index in [0.717, 1.165) is 5.56 Å². The average molecular weight is 280 g/mol. The summed E-state index contributed by atoms with van der Waals surface area (Å²) in [5, 5.41) is 9.40. The number of rotatable bonds is 4. The summed E-state index contributed by atoms with van der Waals surface area (Å²) < 4.78 is 23.0. The molecule has 3 rings (SSSR count). The monoisotopic (exact) mass is 280 g/mol. The third-order valence-corrected chi connectivity index (χ3v) is 3.55. The molecule has 0 aliphatic carbocycles. The first-order valence-corrected chi connectivity index (χ1v) is 6.86. The van der Waals surface area contributed by atoms with Gasteiger partial charge in [0.1, 0.15) is 18.3 Å². The van der Waals surface area contributed by atoms with Gasteiger partial charge in [-0.25, -0.2) is 0 Å². The molecule has 2 saturated heterocycles. The van der Waals surface area contributed by atoms with Gasteiger partial charge >= 0.3 is 0 Å². The molecule has 1 N–H and O–H groups in total. The second kappa shape index (κ2) is 5.42. The summed E-state index contributed by atoms with van der Waals surface area (Å²) in [7, 11) is 0. The Morgan fingerprint density at radius 3 is 2.65 bits per heavy atom. The van der Waals surface area contributed by atoms with Crippen molar-refractivity contribution in [3.8, 4) is 0 Å². The summed E-state index contributed by atoms with van der Waals surface area (Å²) in [6.45, 7) is 4.03. The molecule has 4 atom stereocenters. The molecule has 110 valence electrons. The summed E-state index contributed by atoms with van der Waals surface area (Å²) in [5.41, 5.74) is 1.07. The molecule has 2 aliphatic rings. The lowest BCUT2D eigenvalue weighted by Crippen LogP contribution is -2.38. The molecule has 2 fully saturated rings. The fourth-order valence-corrected chi connectivity index (χ4v) is 2.66. The van der Waals surface area contributed by atoms with Gasteiger partial charge in [-0.05, 0) is 19.4 Å². The van der Waals surface area contributed by atoms with Gasteiger partial charge in [0.2, 0.25) is 0 Å². The van der Waals surface area contributed by atoms with Gasteiger partial charge in [0.25, 0.3) is 0 Å². The summed E-state index contributed by atoms with van der Waals surface area (Å²) in [6.07, 6.45) is -1.51. The molecule has 5 nitrogen and oxygen atoms in total. The number of hydrogen-bond acceptors (Lipinski definition) is 5. The molecular weight excluding hydrogens is 260 g/mol. The van der Waals surface area contributed by atoms with Gasteiger partial charge in [-0.2, -0.15) is 0 Å². The van der Waals surface area contributed by atoms with Crippen molar-refractivity contribution in [2.75, 3.05) is 6.61 Å². The first-order valence-electron chi connectivity index (χ1n) is 6.86. The largest absolute Gasteiger partial charge is 0.394 e. The molecule has 0 bridgehead atoms. The van der Waals surface area contributed by atoms with Crippen LogP contribution in [-0.4, -0.2) is 42.1 Å². The highest BCUT2D eigenvalue weighted by Gasteiger charge is 2.55. The Labute approximate surface area is 118 Å². The zero-order chi connectivity index (χ0) is 14.2. The van der Waals surface area contributed by atoms with Crippen molar-refractivity contribution < 1.29 is 24.1 Å². The van der Waals surface area contributed by atoms with Crippen LogP contribution in [0.15, 0.2) is 30.3 Å². The topological polar surface area (TPSA) is 57.2 Å². The molecule has 0 radical (unpaired) electrons. The van der Waals surface area contributed by atoms with E-state index < -0.39 is 18.2 Å². The van der Waals surface area contributed by atoms with Gasteiger partial charge in [0, 0.05) is 0 Å². The molecule has 2 aliphatic heterocycles. The van der Waals surface area contributed by atoms with Crippen LogP contribution < -0.4 is 0 Å². The van der Waals surface area contributed by atoms with E-state index in [2.05, 4.69) is 0 Å². The van der Waals surface area contributed by atoms with E-state index in [1.807, 2.05) is 44.2 Å². The molecule has 0 saturated carbocycles. The zero-order valence-corrected chi connectivity index (χ0v) is 11.7. The predicted octanol–water partition coefficient (Wildman–Crippen LogP) is 1.44. The molecule has 0 spiro atoms. The van der Waals surface area contributed by atoms with Crippen LogP contribution >= 0.6 is 0 Å². The van der Waals surface area contributed by atoms with E-state index in [4.69, 9.17) is 18.9 Å². The Hall–Kier alpha value is -0.980. The molecule has 1 unspecified atom stereocenters. The van der Waals surface area contributed by atoms with E-state index in [-0.39, 0.29) is 18.8 Å². The fraction of sp³-hybridized carbons (Fsp3) is 0.600. The van der Waals surface area contributed by atoms with E-state index in [9.17, 15) is 5.11 Å². The van der Waals surface area contributed by atoms with Gasteiger partial charge < -0.3 is 24.1 Å². The van der Waals surface area contributed by atoms with Crippen molar-refractivity contribution in [2.45, 2.75) is 50.8 Å². The van der Waals surface area contributed by atoms with Crippen LogP contribution in [0.4, 0.5) is 0 Å². The van der Waals surface area contributed by atoms with Crippen LogP contribution in [0, 0.1) is 0 Å². The first-order chi connectivity index (χ1) is 9.59. The van der Waals surface area contributed by atoms with E-state index in [1.165, 1.54) is 0 Å². The lowest BCUT2D eigenvalue weighted by atomic mass is 10.1. The number of aliphatic hydroxyl groups excluding tert-OH is 1. The van der Waals surface area contributed by atoms with Crippen molar-refractivity contribution in [3.05, 3.63) is 35.9 Å². The summed E-state index contributed by atoms with van der Waals surface area (Å²) in [4.78, 5) is 0. The van der Waals surface area contributed by atoms with Gasteiger partial charge in [-0.3, -0.25) is 0 Å². The van der Waals surface area contributed by atoms with Crippen LogP contribution in [0.2, 0.25) is 0 Å². The molecule has 0 amide bonds. The van der Waals surface area contributed by atoms with Crippen LogP contribution in [0.25, 0.3) is 0 Å². The highest BCUT2D eigenvalue weighted by molar-refractivity contribution is 5.13. The maximum absolute atomic E-state index is 9.40. The van der Waals surface area contributed by atoms with Crippen molar-refractivity contribution in [3.63, 3.8) is 0 Å². The molecule has 20 heavy (non-hydrogen) atoms. The van der Waals surface area contributed by atoms with Crippen LogP contribution in [-0.2, 0) is 25.6 Å². The summed E-state index contributed by atoms with van der Waals surface area (Å²) >= 11 is 0. The molecule has 1 aromatic rings. The maximum Gasteiger partial charge on any atom is 0.190 e. The number of ether oxygens (including phenoxy) is 4. The lowest BCUT2D eigenvalue weighted by molar-refractivity contribution is -0.222. The highest BCUT2D eigenvalue weighted by Crippen LogP contribution is 2.38. The van der Waals surface area contributed by atoms with E-state index in [0.29, 0.717) is 6.61 Å². The number of fused-ring (bicyclic) bond motifs is 1. The molecule has 1 aromatic carbocycles. The SMILES string of the molecule is CC1(C)OC2O[C@H](CO)[C@H](OCc3ccccc3)[C@H]2O1. The number of hydrogen-bond donors (Lipinski definition) is 1. The van der Waals surface area contributed by atoms with E-state index in [1.54, 1.807) is 0 Å². The standard InChI is InChI=1S/C15H20O5/c1-15(2)19-13-12(11(8-16)18-14(13)20-15)17-9-10-6-4-3-5-7-10/h3-7,11-14,16H,8-9H2,1-2H3/t11-,12+,13-,14?/m1/s1. The van der Waals surface area contributed by atoms with Gasteiger partial charge in [0.05, 0.1) is 13.2 Å². The Bertz CT molecular complexity index is 447. The summed E-state index contributed by atoms with van der Waals surface area (Å²) in [6, 6.07) is 9.89. The second-order valence-corrected chi connectivity index (χ2v) is 5.59. The normalized spacial score (nSPS) is 35.1. The number of benzene rings is 1. The lowest BCUT2D eigenvalue weighted by Gasteiger charge is -2.25. The minimum Gasteiger partial charge on any atom is -0.394 e. The van der Waals surface area contributed by atoms with Crippen molar-refractivity contribution in [1.82, 2.24) is 0 Å². The van der Waals surface area contributed by atoms with Crippen molar-refractivity contribution >= 4 is 0 Å². The molecule has 2 heterocycles. The Kier molecular flexibility index (Phi) is 3.79. The zero-order valence-electron chi connectivity index (χ0n) is 11.7. The van der Waals surface area contributed by atoms with Crippen molar-refractivity contribution in [2.24, 2.45) is 0 Å². The third kappa shape index (κ3) is 2.73. The number of aliphatic hydroxyl groups is 1. The first kappa shape index (κ1) is 14.0. The van der Waals surface area contributed by atoms with E-state index >= 15 is 0 Å². The maximum atomic E-state index is 9.40. The average Bonchev–Trinajstić information content (AvgIpc) is 2.89. The minimum absolute atomic E-state index is 0.112. The fourth-order valence-electron chi connectivity index (χ4n) is 2.66. The van der Waals surface area contributed by atoms with Gasteiger partial charge in [-0.1, -0.05) is 30.3 Å². The predicted molar refractivity (Wildman–Crippen MR) is 70.8 cm³/mol. The summed E-state index contributed by atoms with van der Waals surface area (Å²) in [5.74, 6) is -0.676. The Balaban J connectivity index is 1.67. The molecule has 0 aromatic heterocycles. The quantitative estimate of drug-likeness (QED) is 0.904. The molecular formula is C15H20O5. The Morgan fingerprint density at radius 1 is 1.20 bits per heavy atom.